The first-order valence-corrected chi connectivity index (χ1v) is 6.19. The zero-order valence-electron chi connectivity index (χ0n) is 10.5. The zero-order chi connectivity index (χ0) is 13.7. The average molecular weight is 273 g/mol. The van der Waals surface area contributed by atoms with Crippen LogP contribution in [0.1, 0.15) is 11.1 Å². The van der Waals surface area contributed by atoms with Crippen LogP contribution in [-0.2, 0) is 0 Å². The first-order valence-electron chi connectivity index (χ1n) is 5.81. The maximum atomic E-state index is 11.1. The van der Waals surface area contributed by atoms with Crippen molar-refractivity contribution in [2.45, 2.75) is 0 Å². The second kappa shape index (κ2) is 6.16. The van der Waals surface area contributed by atoms with Gasteiger partial charge in [-0.15, -0.1) is 0 Å². The minimum Gasteiger partial charge on any atom is -0.253 e. The molecule has 2 aromatic rings. The van der Waals surface area contributed by atoms with E-state index in [4.69, 9.17) is 11.6 Å². The zero-order valence-corrected chi connectivity index (χ0v) is 11.2. The van der Waals surface area contributed by atoms with Crippen molar-refractivity contribution in [1.29, 1.82) is 0 Å². The normalized spacial score (nSPS) is 9.79. The molecule has 2 rings (SSSR count). The van der Waals surface area contributed by atoms with Gasteiger partial charge in [0.2, 0.25) is 0 Å². The van der Waals surface area contributed by atoms with E-state index >= 15 is 0 Å². The van der Waals surface area contributed by atoms with Crippen LogP contribution in [0.2, 0.25) is 0 Å². The van der Waals surface area contributed by atoms with Crippen molar-refractivity contribution in [2.75, 3.05) is 7.05 Å². The number of hydrazone groups is 1. The summed E-state index contributed by atoms with van der Waals surface area (Å²) in [5, 5.41) is 4.79. The van der Waals surface area contributed by atoms with Gasteiger partial charge in [-0.2, -0.15) is 5.10 Å². The SMILES string of the molecule is CN(N=C(c1ccccc1)c1ccccc1)C(=O)Cl. The quantitative estimate of drug-likeness (QED) is 0.363. The van der Waals surface area contributed by atoms with Crippen LogP contribution in [-0.4, -0.2) is 23.1 Å². The molecule has 0 saturated heterocycles. The maximum absolute atomic E-state index is 11.1. The Labute approximate surface area is 117 Å². The predicted molar refractivity (Wildman–Crippen MR) is 77.5 cm³/mol. The molecule has 0 spiro atoms. The summed E-state index contributed by atoms with van der Waals surface area (Å²) in [6, 6.07) is 19.3. The molecule has 0 aromatic heterocycles. The molecule has 0 aliphatic rings. The van der Waals surface area contributed by atoms with E-state index < -0.39 is 5.37 Å². The van der Waals surface area contributed by atoms with Crippen molar-refractivity contribution in [1.82, 2.24) is 5.01 Å². The Morgan fingerprint density at radius 1 is 0.947 bits per heavy atom. The van der Waals surface area contributed by atoms with Crippen molar-refractivity contribution < 1.29 is 4.79 Å². The van der Waals surface area contributed by atoms with Crippen LogP contribution in [0.25, 0.3) is 0 Å². The van der Waals surface area contributed by atoms with Gasteiger partial charge in [-0.25, -0.2) is 5.01 Å². The van der Waals surface area contributed by atoms with Gasteiger partial charge in [0.1, 0.15) is 0 Å². The summed E-state index contributed by atoms with van der Waals surface area (Å²) in [6.45, 7) is 0. The van der Waals surface area contributed by atoms with Crippen LogP contribution >= 0.6 is 11.6 Å². The average Bonchev–Trinajstić information content (AvgIpc) is 2.46. The summed E-state index contributed by atoms with van der Waals surface area (Å²) in [6.07, 6.45) is 0. The molecule has 0 radical (unpaired) electrons. The van der Waals surface area contributed by atoms with E-state index in [1.807, 2.05) is 60.7 Å². The molecule has 0 N–H and O–H groups in total. The molecule has 4 heteroatoms. The van der Waals surface area contributed by atoms with Gasteiger partial charge in [0.05, 0.1) is 5.71 Å². The number of benzene rings is 2. The van der Waals surface area contributed by atoms with E-state index in [9.17, 15) is 4.79 Å². The number of nitrogens with zero attached hydrogens (tertiary/aromatic N) is 2. The first-order chi connectivity index (χ1) is 9.18. The van der Waals surface area contributed by atoms with Gasteiger partial charge in [-0.05, 0) is 11.6 Å². The smallest absolute Gasteiger partial charge is 0.253 e. The highest BCUT2D eigenvalue weighted by atomic mass is 35.5. The van der Waals surface area contributed by atoms with Crippen molar-refractivity contribution in [3.63, 3.8) is 0 Å². The highest BCUT2D eigenvalue weighted by Gasteiger charge is 2.10. The number of carbonyl (C=O) groups is 1. The first kappa shape index (κ1) is 13.3. The van der Waals surface area contributed by atoms with Crippen molar-refractivity contribution >= 4 is 22.7 Å². The second-order valence-electron chi connectivity index (χ2n) is 3.96. The van der Waals surface area contributed by atoms with Gasteiger partial charge in [0, 0.05) is 18.2 Å². The lowest BCUT2D eigenvalue weighted by molar-refractivity contribution is 0.234. The summed E-state index contributed by atoms with van der Waals surface area (Å²) in [5.74, 6) is 0. The highest BCUT2D eigenvalue weighted by Crippen LogP contribution is 2.12. The molecule has 1 amide bonds. The van der Waals surface area contributed by atoms with Gasteiger partial charge in [0.25, 0.3) is 0 Å². The Hall–Kier alpha value is -2.13. The third kappa shape index (κ3) is 3.42. The van der Waals surface area contributed by atoms with Crippen LogP contribution in [0.4, 0.5) is 4.79 Å². The van der Waals surface area contributed by atoms with Crippen LogP contribution in [0.5, 0.6) is 0 Å². The maximum Gasteiger partial charge on any atom is 0.336 e. The van der Waals surface area contributed by atoms with E-state index in [1.54, 1.807) is 0 Å². The van der Waals surface area contributed by atoms with Gasteiger partial charge in [-0.1, -0.05) is 60.7 Å². The summed E-state index contributed by atoms with van der Waals surface area (Å²) < 4.78 is 0. The molecule has 0 heterocycles. The summed E-state index contributed by atoms with van der Waals surface area (Å²) in [7, 11) is 1.53. The van der Waals surface area contributed by atoms with E-state index in [0.717, 1.165) is 16.1 Å². The Kier molecular flexibility index (Phi) is 4.31. The molecule has 0 saturated carbocycles. The fraction of sp³-hybridized carbons (Fsp3) is 0.0667. The lowest BCUT2D eigenvalue weighted by Crippen LogP contribution is -2.18. The number of rotatable bonds is 3. The lowest BCUT2D eigenvalue weighted by Gasteiger charge is -2.12. The van der Waals surface area contributed by atoms with E-state index in [2.05, 4.69) is 5.10 Å². The molecule has 0 aliphatic heterocycles. The lowest BCUT2D eigenvalue weighted by atomic mass is 10.0. The second-order valence-corrected chi connectivity index (χ2v) is 4.28. The van der Waals surface area contributed by atoms with Crippen LogP contribution in [0, 0.1) is 0 Å². The predicted octanol–water partition coefficient (Wildman–Crippen LogP) is 3.73. The molecule has 96 valence electrons. The number of hydrogen-bond donors (Lipinski definition) is 0. The fourth-order valence-electron chi connectivity index (χ4n) is 1.66. The molecular weight excluding hydrogens is 260 g/mol. The minimum atomic E-state index is -0.621. The van der Waals surface area contributed by atoms with Gasteiger partial charge in [0.15, 0.2) is 0 Å². The molecule has 0 aliphatic carbocycles. The molecule has 2 aromatic carbocycles. The number of halogens is 1. The van der Waals surface area contributed by atoms with Crippen LogP contribution in [0.3, 0.4) is 0 Å². The molecule has 0 atom stereocenters. The summed E-state index contributed by atoms with van der Waals surface area (Å²) in [5.41, 5.74) is 2.56. The standard InChI is InChI=1S/C15H13ClN2O/c1-18(15(16)19)17-14(12-8-4-2-5-9-12)13-10-6-3-7-11-13/h2-11H,1H3. The minimum absolute atomic E-state index is 0.621. The third-order valence-corrected chi connectivity index (χ3v) is 2.84. The van der Waals surface area contributed by atoms with Crippen LogP contribution < -0.4 is 0 Å². The van der Waals surface area contributed by atoms with E-state index in [-0.39, 0.29) is 0 Å². The summed E-state index contributed by atoms with van der Waals surface area (Å²) >= 11 is 5.43. The summed E-state index contributed by atoms with van der Waals surface area (Å²) in [4.78, 5) is 11.1. The Bertz CT molecular complexity index is 540. The monoisotopic (exact) mass is 272 g/mol. The van der Waals surface area contributed by atoms with Gasteiger partial charge >= 0.3 is 5.37 Å². The van der Waals surface area contributed by atoms with Crippen molar-refractivity contribution in [3.8, 4) is 0 Å². The van der Waals surface area contributed by atoms with E-state index in [0.29, 0.717) is 5.71 Å². The Morgan fingerprint density at radius 2 is 1.37 bits per heavy atom. The Balaban J connectivity index is 2.49. The number of amides is 1. The van der Waals surface area contributed by atoms with Crippen LogP contribution in [0.15, 0.2) is 65.8 Å². The van der Waals surface area contributed by atoms with Gasteiger partial charge < -0.3 is 0 Å². The number of hydrogen-bond acceptors (Lipinski definition) is 2. The Morgan fingerprint density at radius 3 is 1.74 bits per heavy atom. The molecule has 19 heavy (non-hydrogen) atoms. The fourth-order valence-corrected chi connectivity index (χ4v) is 1.70. The number of carbonyl (C=O) groups excluding carboxylic acids is 1. The molecule has 3 nitrogen and oxygen atoms in total. The van der Waals surface area contributed by atoms with E-state index in [1.165, 1.54) is 7.05 Å². The van der Waals surface area contributed by atoms with Crippen molar-refractivity contribution in [2.24, 2.45) is 5.10 Å². The van der Waals surface area contributed by atoms with Gasteiger partial charge in [-0.3, -0.25) is 4.79 Å². The molecule has 0 unspecified atom stereocenters. The third-order valence-electron chi connectivity index (χ3n) is 2.60. The van der Waals surface area contributed by atoms with Crippen molar-refractivity contribution in [3.05, 3.63) is 71.8 Å². The molecule has 0 fully saturated rings. The highest BCUT2D eigenvalue weighted by molar-refractivity contribution is 6.62. The topological polar surface area (TPSA) is 32.7 Å². The molecule has 0 bridgehead atoms. The largest absolute Gasteiger partial charge is 0.336 e. The molecular formula is C15H13ClN2O.